The Kier molecular flexibility index (Phi) is 2.93. The highest BCUT2D eigenvalue weighted by molar-refractivity contribution is 5.03. The second-order valence-electron chi connectivity index (χ2n) is 8.36. The molecule has 112 valence electrons. The predicted molar refractivity (Wildman–Crippen MR) is 81.2 cm³/mol. The van der Waals surface area contributed by atoms with Crippen LogP contribution < -0.4 is 0 Å². The third kappa shape index (κ3) is 1.70. The van der Waals surface area contributed by atoms with Crippen molar-refractivity contribution in [3.05, 3.63) is 0 Å². The van der Waals surface area contributed by atoms with E-state index in [1.165, 1.54) is 70.8 Å². The van der Waals surface area contributed by atoms with Gasteiger partial charge in [-0.1, -0.05) is 25.7 Å². The van der Waals surface area contributed by atoms with Crippen LogP contribution in [0.5, 0.6) is 0 Å². The van der Waals surface area contributed by atoms with Crippen molar-refractivity contribution < 1.29 is 0 Å². The summed E-state index contributed by atoms with van der Waals surface area (Å²) in [6, 6.07) is 2.81. The van der Waals surface area contributed by atoms with Gasteiger partial charge in [-0.15, -0.1) is 0 Å². The van der Waals surface area contributed by atoms with Crippen LogP contribution in [-0.2, 0) is 0 Å². The summed E-state index contributed by atoms with van der Waals surface area (Å²) >= 11 is 0. The standard InChI is InChI=1S/C18H30N2/c1-3-7-16-14(6-1)12-19-18(16)10-9-15-11-13-5-2-4-8-17(13)20(15)19/h13-18H,1-12H2. The summed E-state index contributed by atoms with van der Waals surface area (Å²) < 4.78 is 0. The molecule has 5 rings (SSSR count). The lowest BCUT2D eigenvalue weighted by molar-refractivity contribution is -0.121. The van der Waals surface area contributed by atoms with Gasteiger partial charge in [0.05, 0.1) is 0 Å². The molecule has 6 unspecified atom stereocenters. The molecule has 2 heteroatoms. The molecule has 0 spiro atoms. The molecule has 0 aromatic heterocycles. The Hall–Kier alpha value is -0.0800. The van der Waals surface area contributed by atoms with Crippen molar-refractivity contribution in [2.75, 3.05) is 6.54 Å². The van der Waals surface area contributed by atoms with Crippen LogP contribution in [0.25, 0.3) is 0 Å². The SMILES string of the molecule is C1CCC2C(C1)CN1C2CCC2CC3CCCCC3N21. The van der Waals surface area contributed by atoms with Gasteiger partial charge in [0.2, 0.25) is 0 Å². The highest BCUT2D eigenvalue weighted by Gasteiger charge is 2.54. The molecule has 0 bridgehead atoms. The maximum absolute atomic E-state index is 2.97. The van der Waals surface area contributed by atoms with Crippen molar-refractivity contribution in [2.45, 2.75) is 88.8 Å². The molecule has 0 aromatic rings. The van der Waals surface area contributed by atoms with E-state index in [9.17, 15) is 0 Å². The molecule has 0 aromatic carbocycles. The summed E-state index contributed by atoms with van der Waals surface area (Å²) in [6.07, 6.45) is 16.7. The van der Waals surface area contributed by atoms with Gasteiger partial charge in [-0.25, -0.2) is 10.0 Å². The zero-order valence-corrected chi connectivity index (χ0v) is 12.8. The highest BCUT2D eigenvalue weighted by atomic mass is 15.7. The first-order valence-electron chi connectivity index (χ1n) is 9.47. The predicted octanol–water partition coefficient (Wildman–Crippen LogP) is 3.82. The molecule has 0 N–H and O–H groups in total. The number of hydrogen-bond donors (Lipinski definition) is 0. The van der Waals surface area contributed by atoms with Gasteiger partial charge < -0.3 is 0 Å². The van der Waals surface area contributed by atoms with E-state index in [-0.39, 0.29) is 0 Å². The van der Waals surface area contributed by atoms with Crippen molar-refractivity contribution in [1.82, 2.24) is 10.0 Å². The first kappa shape index (κ1) is 12.5. The number of nitrogens with zero attached hydrogens (tertiary/aromatic N) is 2. The fourth-order valence-corrected chi connectivity index (χ4v) is 6.75. The minimum atomic E-state index is 0.930. The number of hydrogen-bond acceptors (Lipinski definition) is 2. The smallest absolute Gasteiger partial charge is 0.0278 e. The van der Waals surface area contributed by atoms with E-state index in [1.54, 1.807) is 6.42 Å². The Labute approximate surface area is 123 Å². The highest BCUT2D eigenvalue weighted by Crippen LogP contribution is 2.51. The Bertz CT molecular complexity index is 382. The topological polar surface area (TPSA) is 6.48 Å². The molecule has 3 saturated heterocycles. The second kappa shape index (κ2) is 4.71. The van der Waals surface area contributed by atoms with E-state index in [1.807, 2.05) is 0 Å². The fraction of sp³-hybridized carbons (Fsp3) is 1.00. The molecule has 20 heavy (non-hydrogen) atoms. The van der Waals surface area contributed by atoms with Crippen LogP contribution in [0.3, 0.4) is 0 Å². The van der Waals surface area contributed by atoms with Gasteiger partial charge in [0.1, 0.15) is 0 Å². The molecule has 0 amide bonds. The molecule has 3 heterocycles. The maximum Gasteiger partial charge on any atom is 0.0278 e. The Morgan fingerprint density at radius 2 is 1.45 bits per heavy atom. The van der Waals surface area contributed by atoms with Gasteiger partial charge in [0, 0.05) is 24.7 Å². The lowest BCUT2D eigenvalue weighted by Gasteiger charge is -2.47. The Morgan fingerprint density at radius 1 is 0.650 bits per heavy atom. The molecular formula is C18H30N2. The molecule has 5 fully saturated rings. The summed E-state index contributed by atoms with van der Waals surface area (Å²) in [5.41, 5.74) is 0. The molecule has 2 saturated carbocycles. The fourth-order valence-electron chi connectivity index (χ4n) is 6.75. The largest absolute Gasteiger partial charge is 0.238 e. The maximum atomic E-state index is 2.97. The quantitative estimate of drug-likeness (QED) is 0.662. The Morgan fingerprint density at radius 3 is 2.40 bits per heavy atom. The van der Waals surface area contributed by atoms with Gasteiger partial charge in [0.25, 0.3) is 0 Å². The lowest BCUT2D eigenvalue weighted by atomic mass is 9.77. The van der Waals surface area contributed by atoms with E-state index in [2.05, 4.69) is 10.0 Å². The van der Waals surface area contributed by atoms with E-state index in [0.717, 1.165) is 35.9 Å². The first-order valence-corrected chi connectivity index (χ1v) is 9.47. The molecule has 0 radical (unpaired) electrons. The average molecular weight is 274 g/mol. The monoisotopic (exact) mass is 274 g/mol. The van der Waals surface area contributed by atoms with E-state index >= 15 is 0 Å². The van der Waals surface area contributed by atoms with Gasteiger partial charge in [-0.3, -0.25) is 0 Å². The van der Waals surface area contributed by atoms with Crippen LogP contribution in [0.4, 0.5) is 0 Å². The summed E-state index contributed by atoms with van der Waals surface area (Å²) in [4.78, 5) is 0. The minimum absolute atomic E-state index is 0.930. The molecule has 3 aliphatic heterocycles. The lowest BCUT2D eigenvalue weighted by Crippen LogP contribution is -2.56. The minimum Gasteiger partial charge on any atom is -0.238 e. The van der Waals surface area contributed by atoms with Crippen LogP contribution in [-0.4, -0.2) is 34.7 Å². The molecule has 5 aliphatic rings. The molecule has 6 atom stereocenters. The Balaban J connectivity index is 1.43. The zero-order chi connectivity index (χ0) is 13.1. The molecule has 2 nitrogen and oxygen atoms in total. The van der Waals surface area contributed by atoms with Crippen LogP contribution in [0.1, 0.15) is 70.6 Å². The normalized spacial score (nSPS) is 52.2. The second-order valence-corrected chi connectivity index (χ2v) is 8.36. The summed E-state index contributed by atoms with van der Waals surface area (Å²) in [7, 11) is 0. The number of rotatable bonds is 0. The van der Waals surface area contributed by atoms with Crippen LogP contribution in [0.15, 0.2) is 0 Å². The van der Waals surface area contributed by atoms with E-state index in [4.69, 9.17) is 0 Å². The van der Waals surface area contributed by atoms with Gasteiger partial charge in [0.15, 0.2) is 0 Å². The summed E-state index contributed by atoms with van der Waals surface area (Å²) in [5, 5.41) is 5.90. The van der Waals surface area contributed by atoms with E-state index < -0.39 is 0 Å². The van der Waals surface area contributed by atoms with Crippen molar-refractivity contribution in [3.63, 3.8) is 0 Å². The molecule has 2 aliphatic carbocycles. The summed E-state index contributed by atoms with van der Waals surface area (Å²) in [6.45, 7) is 1.43. The van der Waals surface area contributed by atoms with Gasteiger partial charge in [-0.2, -0.15) is 0 Å². The van der Waals surface area contributed by atoms with E-state index in [0.29, 0.717) is 0 Å². The van der Waals surface area contributed by atoms with Crippen LogP contribution in [0, 0.1) is 17.8 Å². The van der Waals surface area contributed by atoms with Crippen LogP contribution in [0.2, 0.25) is 0 Å². The molecular weight excluding hydrogens is 244 g/mol. The first-order chi connectivity index (χ1) is 9.92. The average Bonchev–Trinajstić information content (AvgIpc) is 3.04. The number of hydrazine groups is 1. The van der Waals surface area contributed by atoms with Crippen molar-refractivity contribution in [2.24, 2.45) is 17.8 Å². The van der Waals surface area contributed by atoms with Crippen molar-refractivity contribution in [3.8, 4) is 0 Å². The van der Waals surface area contributed by atoms with Crippen LogP contribution >= 0.6 is 0 Å². The van der Waals surface area contributed by atoms with Crippen molar-refractivity contribution in [1.29, 1.82) is 0 Å². The number of fused-ring (bicyclic) bond motifs is 7. The third-order valence-electron chi connectivity index (χ3n) is 7.52. The van der Waals surface area contributed by atoms with Gasteiger partial charge >= 0.3 is 0 Å². The van der Waals surface area contributed by atoms with Gasteiger partial charge in [-0.05, 0) is 62.7 Å². The van der Waals surface area contributed by atoms with Crippen molar-refractivity contribution >= 4 is 0 Å². The third-order valence-corrected chi connectivity index (χ3v) is 7.52. The summed E-state index contributed by atoms with van der Waals surface area (Å²) in [5.74, 6) is 3.16. The zero-order valence-electron chi connectivity index (χ0n) is 12.8.